The van der Waals surface area contributed by atoms with Crippen LogP contribution in [0.15, 0.2) is 59.5 Å². The number of sulfonamides is 1. The average molecular weight is 415 g/mol. The monoisotopic (exact) mass is 414 g/mol. The van der Waals surface area contributed by atoms with Gasteiger partial charge < -0.3 is 4.74 Å². The Labute approximate surface area is 174 Å². The zero-order valence-electron chi connectivity index (χ0n) is 17.0. The second-order valence-electron chi connectivity index (χ2n) is 8.03. The summed E-state index contributed by atoms with van der Waals surface area (Å²) in [5, 5.41) is 0. The molecule has 1 aliphatic heterocycles. The summed E-state index contributed by atoms with van der Waals surface area (Å²) in [6.07, 6.45) is 4.84. The fourth-order valence-corrected chi connectivity index (χ4v) is 6.13. The highest BCUT2D eigenvalue weighted by Crippen LogP contribution is 2.35. The maximum atomic E-state index is 12.9. The highest BCUT2D eigenvalue weighted by molar-refractivity contribution is 7.89. The number of hydrogen-bond donors (Lipinski definition) is 0. The minimum absolute atomic E-state index is 0.343. The predicted molar refractivity (Wildman–Crippen MR) is 115 cm³/mol. The summed E-state index contributed by atoms with van der Waals surface area (Å²) in [6, 6.07) is 18.1. The zero-order chi connectivity index (χ0) is 20.3. The molecule has 0 radical (unpaired) electrons. The van der Waals surface area contributed by atoms with Gasteiger partial charge in [0, 0.05) is 32.2 Å². The lowest BCUT2D eigenvalue weighted by molar-refractivity contribution is 0.107. The Morgan fingerprint density at radius 1 is 0.828 bits per heavy atom. The molecule has 0 bridgehead atoms. The minimum Gasteiger partial charge on any atom is -0.497 e. The third-order valence-corrected chi connectivity index (χ3v) is 8.37. The molecule has 0 atom stereocenters. The van der Waals surface area contributed by atoms with Crippen LogP contribution in [0, 0.1) is 0 Å². The van der Waals surface area contributed by atoms with Gasteiger partial charge in [-0.15, -0.1) is 0 Å². The topological polar surface area (TPSA) is 49.9 Å². The smallest absolute Gasteiger partial charge is 0.243 e. The van der Waals surface area contributed by atoms with Crippen LogP contribution in [0.3, 0.4) is 0 Å². The van der Waals surface area contributed by atoms with E-state index in [-0.39, 0.29) is 0 Å². The second-order valence-corrected chi connectivity index (χ2v) is 9.97. The highest BCUT2D eigenvalue weighted by Gasteiger charge is 2.33. The number of ether oxygens (including phenoxy) is 1. The molecule has 1 heterocycles. The lowest BCUT2D eigenvalue weighted by Gasteiger charge is -2.41. The van der Waals surface area contributed by atoms with Gasteiger partial charge >= 0.3 is 0 Å². The number of methoxy groups -OCH3 is 1. The summed E-state index contributed by atoms with van der Waals surface area (Å²) < 4.78 is 32.6. The predicted octanol–water partition coefficient (Wildman–Crippen LogP) is 3.73. The number of benzene rings is 2. The van der Waals surface area contributed by atoms with Crippen molar-refractivity contribution >= 4 is 10.0 Å². The van der Waals surface area contributed by atoms with E-state index in [1.54, 1.807) is 35.7 Å². The van der Waals surface area contributed by atoms with Crippen LogP contribution in [0.25, 0.3) is 0 Å². The molecule has 0 aromatic heterocycles. The van der Waals surface area contributed by atoms with Crippen molar-refractivity contribution in [2.24, 2.45) is 0 Å². The van der Waals surface area contributed by atoms with Gasteiger partial charge in [0.25, 0.3) is 0 Å². The first kappa shape index (κ1) is 20.4. The van der Waals surface area contributed by atoms with Crippen LogP contribution >= 0.6 is 0 Å². The Morgan fingerprint density at radius 3 is 2.03 bits per heavy atom. The van der Waals surface area contributed by atoms with E-state index in [1.165, 1.54) is 31.2 Å². The molecule has 2 aliphatic rings. The van der Waals surface area contributed by atoms with E-state index in [0.29, 0.717) is 35.7 Å². The normalized spacial score (nSPS) is 24.3. The first-order chi connectivity index (χ1) is 14.1. The van der Waals surface area contributed by atoms with Crippen LogP contribution in [-0.4, -0.2) is 57.0 Å². The van der Waals surface area contributed by atoms with E-state index >= 15 is 0 Å². The summed E-state index contributed by atoms with van der Waals surface area (Å²) in [5.41, 5.74) is 1.46. The number of rotatable bonds is 5. The molecular formula is C23H30N2O3S. The largest absolute Gasteiger partial charge is 0.497 e. The summed E-state index contributed by atoms with van der Waals surface area (Å²) in [5.74, 6) is 1.34. The molecule has 6 heteroatoms. The summed E-state index contributed by atoms with van der Waals surface area (Å²) in [7, 11) is -1.86. The van der Waals surface area contributed by atoms with Crippen molar-refractivity contribution in [3.05, 3.63) is 60.2 Å². The molecule has 1 saturated heterocycles. The lowest BCUT2D eigenvalue weighted by atomic mass is 9.81. The summed E-state index contributed by atoms with van der Waals surface area (Å²) in [4.78, 5) is 2.84. The Hall–Kier alpha value is -1.89. The van der Waals surface area contributed by atoms with Crippen LogP contribution in [-0.2, 0) is 10.0 Å². The van der Waals surface area contributed by atoms with Crippen LogP contribution < -0.4 is 4.74 Å². The molecule has 1 saturated carbocycles. The lowest BCUT2D eigenvalue weighted by Crippen LogP contribution is -2.52. The molecule has 0 N–H and O–H groups in total. The molecule has 0 unspecified atom stereocenters. The molecule has 2 aromatic carbocycles. The van der Waals surface area contributed by atoms with Gasteiger partial charge in [-0.1, -0.05) is 30.3 Å². The second kappa shape index (κ2) is 8.86. The van der Waals surface area contributed by atoms with E-state index in [0.717, 1.165) is 13.1 Å². The van der Waals surface area contributed by atoms with Crippen LogP contribution in [0.2, 0.25) is 0 Å². The van der Waals surface area contributed by atoms with Gasteiger partial charge in [0.15, 0.2) is 0 Å². The van der Waals surface area contributed by atoms with Gasteiger partial charge in [0.2, 0.25) is 10.0 Å². The van der Waals surface area contributed by atoms with E-state index < -0.39 is 10.0 Å². The summed E-state index contributed by atoms with van der Waals surface area (Å²) >= 11 is 0. The van der Waals surface area contributed by atoms with Gasteiger partial charge in [-0.3, -0.25) is 4.90 Å². The van der Waals surface area contributed by atoms with E-state index in [2.05, 4.69) is 35.2 Å². The van der Waals surface area contributed by atoms with Crippen molar-refractivity contribution in [2.75, 3.05) is 33.3 Å². The van der Waals surface area contributed by atoms with Crippen LogP contribution in [0.1, 0.15) is 37.2 Å². The van der Waals surface area contributed by atoms with Crippen molar-refractivity contribution < 1.29 is 13.2 Å². The third kappa shape index (κ3) is 4.49. The average Bonchev–Trinajstić information content (AvgIpc) is 2.80. The molecule has 4 rings (SSSR count). The molecule has 0 amide bonds. The standard InChI is InChI=1S/C23H30N2O3S/c1-28-22-11-13-23(14-12-22)29(26,27)25-17-15-24(16-18-25)21-9-7-20(8-10-21)19-5-3-2-4-6-19/h2-6,11-14,20-21H,7-10,15-18H2,1H3. The number of hydrogen-bond acceptors (Lipinski definition) is 4. The zero-order valence-corrected chi connectivity index (χ0v) is 17.9. The Balaban J connectivity index is 1.31. The molecule has 5 nitrogen and oxygen atoms in total. The fraction of sp³-hybridized carbons (Fsp3) is 0.478. The van der Waals surface area contributed by atoms with E-state index in [4.69, 9.17) is 4.74 Å². The molecule has 0 spiro atoms. The molecule has 2 fully saturated rings. The van der Waals surface area contributed by atoms with E-state index in [9.17, 15) is 8.42 Å². The van der Waals surface area contributed by atoms with Crippen molar-refractivity contribution in [3.63, 3.8) is 0 Å². The minimum atomic E-state index is -3.43. The van der Waals surface area contributed by atoms with Crippen molar-refractivity contribution in [1.82, 2.24) is 9.21 Å². The highest BCUT2D eigenvalue weighted by atomic mass is 32.2. The van der Waals surface area contributed by atoms with Crippen molar-refractivity contribution in [1.29, 1.82) is 0 Å². The quantitative estimate of drug-likeness (QED) is 0.748. The summed E-state index contributed by atoms with van der Waals surface area (Å²) in [6.45, 7) is 2.76. The molecule has 1 aliphatic carbocycles. The number of piperazine rings is 1. The van der Waals surface area contributed by atoms with Crippen LogP contribution in [0.4, 0.5) is 0 Å². The Morgan fingerprint density at radius 2 is 1.45 bits per heavy atom. The third-order valence-electron chi connectivity index (χ3n) is 6.45. The van der Waals surface area contributed by atoms with Gasteiger partial charge in [-0.2, -0.15) is 4.31 Å². The Bertz CT molecular complexity index is 883. The van der Waals surface area contributed by atoms with Crippen molar-refractivity contribution in [3.8, 4) is 5.75 Å². The first-order valence-corrected chi connectivity index (χ1v) is 11.9. The van der Waals surface area contributed by atoms with Gasteiger partial charge in [-0.25, -0.2) is 8.42 Å². The van der Waals surface area contributed by atoms with Gasteiger partial charge in [-0.05, 0) is 61.4 Å². The Kier molecular flexibility index (Phi) is 6.23. The van der Waals surface area contributed by atoms with Gasteiger partial charge in [0.1, 0.15) is 5.75 Å². The van der Waals surface area contributed by atoms with Crippen molar-refractivity contribution in [2.45, 2.75) is 42.5 Å². The maximum absolute atomic E-state index is 12.9. The fourth-order valence-electron chi connectivity index (χ4n) is 4.71. The number of nitrogens with zero attached hydrogens (tertiary/aromatic N) is 2. The molecule has 29 heavy (non-hydrogen) atoms. The molecule has 2 aromatic rings. The van der Waals surface area contributed by atoms with Gasteiger partial charge in [0.05, 0.1) is 12.0 Å². The molecular weight excluding hydrogens is 384 g/mol. The first-order valence-electron chi connectivity index (χ1n) is 10.5. The van der Waals surface area contributed by atoms with Crippen LogP contribution in [0.5, 0.6) is 5.75 Å². The van der Waals surface area contributed by atoms with E-state index in [1.807, 2.05) is 0 Å². The SMILES string of the molecule is COc1ccc(S(=O)(=O)N2CCN(C3CCC(c4ccccc4)CC3)CC2)cc1. The maximum Gasteiger partial charge on any atom is 0.243 e. The molecule has 156 valence electrons.